The Morgan fingerprint density at radius 2 is 1.79 bits per heavy atom. The molecule has 2 heteroatoms. The summed E-state index contributed by atoms with van der Waals surface area (Å²) < 4.78 is 0. The molecule has 0 aromatic carbocycles. The van der Waals surface area contributed by atoms with E-state index in [-0.39, 0.29) is 5.92 Å². The monoisotopic (exact) mass is 202 g/mol. The quantitative estimate of drug-likeness (QED) is 0.666. The molecule has 0 aliphatic heterocycles. The molecule has 0 saturated heterocycles. The number of hydrogen-bond donors (Lipinski definition) is 2. The SMILES string of the molecule is CCCCC(O)(CC)C(CC)C(C)O. The molecule has 0 aliphatic rings. The average Bonchev–Trinajstić information content (AvgIpc) is 2.15. The Morgan fingerprint density at radius 1 is 1.21 bits per heavy atom. The first-order valence-electron chi connectivity index (χ1n) is 5.92. The van der Waals surface area contributed by atoms with Gasteiger partial charge in [0, 0.05) is 5.92 Å². The lowest BCUT2D eigenvalue weighted by Crippen LogP contribution is -2.42. The Balaban J connectivity index is 4.44. The third kappa shape index (κ3) is 3.58. The first kappa shape index (κ1) is 13.9. The van der Waals surface area contributed by atoms with Crippen molar-refractivity contribution in [3.05, 3.63) is 0 Å². The minimum atomic E-state index is -0.668. The van der Waals surface area contributed by atoms with E-state index in [1.807, 2.05) is 13.8 Å². The van der Waals surface area contributed by atoms with Crippen LogP contribution in [0.2, 0.25) is 0 Å². The fourth-order valence-corrected chi connectivity index (χ4v) is 2.28. The Hall–Kier alpha value is -0.0800. The van der Waals surface area contributed by atoms with Crippen LogP contribution in [0.4, 0.5) is 0 Å². The minimum absolute atomic E-state index is 0.0130. The third-order valence-corrected chi connectivity index (χ3v) is 3.29. The Labute approximate surface area is 88.3 Å². The highest BCUT2D eigenvalue weighted by molar-refractivity contribution is 4.87. The molecule has 2 nitrogen and oxygen atoms in total. The van der Waals surface area contributed by atoms with Crippen LogP contribution in [0.5, 0.6) is 0 Å². The largest absolute Gasteiger partial charge is 0.393 e. The standard InChI is InChI=1S/C12H26O2/c1-5-8-9-12(14,7-3)11(6-2)10(4)13/h10-11,13-14H,5-9H2,1-4H3. The molecule has 86 valence electrons. The molecule has 0 amide bonds. The summed E-state index contributed by atoms with van der Waals surface area (Å²) >= 11 is 0. The van der Waals surface area contributed by atoms with Gasteiger partial charge in [0.05, 0.1) is 11.7 Å². The summed E-state index contributed by atoms with van der Waals surface area (Å²) in [5.41, 5.74) is -0.668. The highest BCUT2D eigenvalue weighted by atomic mass is 16.3. The molecule has 3 unspecified atom stereocenters. The second kappa shape index (κ2) is 6.41. The zero-order chi connectivity index (χ0) is 11.2. The zero-order valence-corrected chi connectivity index (χ0v) is 10.1. The van der Waals surface area contributed by atoms with Gasteiger partial charge in [0.15, 0.2) is 0 Å². The van der Waals surface area contributed by atoms with E-state index in [9.17, 15) is 10.2 Å². The predicted molar refractivity (Wildman–Crippen MR) is 60.2 cm³/mol. The van der Waals surface area contributed by atoms with Crippen LogP contribution in [0.25, 0.3) is 0 Å². The van der Waals surface area contributed by atoms with Gasteiger partial charge in [0.25, 0.3) is 0 Å². The van der Waals surface area contributed by atoms with Crippen LogP contribution >= 0.6 is 0 Å². The molecule has 0 fully saturated rings. The topological polar surface area (TPSA) is 40.5 Å². The van der Waals surface area contributed by atoms with E-state index in [2.05, 4.69) is 6.92 Å². The van der Waals surface area contributed by atoms with Gasteiger partial charge in [-0.25, -0.2) is 0 Å². The van der Waals surface area contributed by atoms with Crippen molar-refractivity contribution in [1.29, 1.82) is 0 Å². The van der Waals surface area contributed by atoms with Crippen LogP contribution in [0.3, 0.4) is 0 Å². The van der Waals surface area contributed by atoms with Gasteiger partial charge in [-0.05, 0) is 26.2 Å². The van der Waals surface area contributed by atoms with E-state index < -0.39 is 11.7 Å². The van der Waals surface area contributed by atoms with E-state index in [4.69, 9.17) is 0 Å². The van der Waals surface area contributed by atoms with E-state index in [1.54, 1.807) is 6.92 Å². The molecule has 0 rings (SSSR count). The second-order valence-electron chi connectivity index (χ2n) is 4.32. The number of hydrogen-bond acceptors (Lipinski definition) is 2. The maximum atomic E-state index is 10.4. The summed E-state index contributed by atoms with van der Waals surface area (Å²) in [6.45, 7) is 7.94. The lowest BCUT2D eigenvalue weighted by molar-refractivity contribution is -0.0771. The zero-order valence-electron chi connectivity index (χ0n) is 10.1. The number of aliphatic hydroxyl groups is 2. The Morgan fingerprint density at radius 3 is 2.07 bits per heavy atom. The summed E-state index contributed by atoms with van der Waals surface area (Å²) in [4.78, 5) is 0. The first-order chi connectivity index (χ1) is 6.51. The van der Waals surface area contributed by atoms with Crippen molar-refractivity contribution in [2.75, 3.05) is 0 Å². The molecule has 0 aliphatic carbocycles. The second-order valence-corrected chi connectivity index (χ2v) is 4.32. The molecule has 0 aromatic rings. The molecular weight excluding hydrogens is 176 g/mol. The smallest absolute Gasteiger partial charge is 0.0697 e. The van der Waals surface area contributed by atoms with Gasteiger partial charge < -0.3 is 10.2 Å². The molecular formula is C12H26O2. The van der Waals surface area contributed by atoms with Crippen molar-refractivity contribution in [3.63, 3.8) is 0 Å². The molecule has 0 radical (unpaired) electrons. The summed E-state index contributed by atoms with van der Waals surface area (Å²) in [6.07, 6.45) is 4.10. The highest BCUT2D eigenvalue weighted by Gasteiger charge is 2.35. The van der Waals surface area contributed by atoms with Gasteiger partial charge >= 0.3 is 0 Å². The van der Waals surface area contributed by atoms with Gasteiger partial charge in [-0.2, -0.15) is 0 Å². The fraction of sp³-hybridized carbons (Fsp3) is 1.00. The van der Waals surface area contributed by atoms with Crippen molar-refractivity contribution >= 4 is 0 Å². The van der Waals surface area contributed by atoms with Crippen molar-refractivity contribution < 1.29 is 10.2 Å². The molecule has 14 heavy (non-hydrogen) atoms. The molecule has 0 saturated carbocycles. The van der Waals surface area contributed by atoms with Crippen LogP contribution in [0, 0.1) is 5.92 Å². The molecule has 2 N–H and O–H groups in total. The summed E-state index contributed by atoms with van der Waals surface area (Å²) in [7, 11) is 0. The van der Waals surface area contributed by atoms with Gasteiger partial charge in [0.2, 0.25) is 0 Å². The third-order valence-electron chi connectivity index (χ3n) is 3.29. The van der Waals surface area contributed by atoms with Crippen LogP contribution in [0.1, 0.15) is 59.8 Å². The van der Waals surface area contributed by atoms with E-state index >= 15 is 0 Å². The van der Waals surface area contributed by atoms with Crippen LogP contribution < -0.4 is 0 Å². The van der Waals surface area contributed by atoms with Crippen molar-refractivity contribution in [2.45, 2.75) is 71.5 Å². The maximum Gasteiger partial charge on any atom is 0.0697 e. The average molecular weight is 202 g/mol. The van der Waals surface area contributed by atoms with Crippen LogP contribution in [-0.4, -0.2) is 21.9 Å². The van der Waals surface area contributed by atoms with Crippen LogP contribution in [-0.2, 0) is 0 Å². The number of rotatable bonds is 7. The summed E-state index contributed by atoms with van der Waals surface area (Å²) in [5.74, 6) is 0.0130. The van der Waals surface area contributed by atoms with Gasteiger partial charge in [-0.3, -0.25) is 0 Å². The van der Waals surface area contributed by atoms with Gasteiger partial charge in [-0.1, -0.05) is 33.6 Å². The summed E-state index contributed by atoms with van der Waals surface area (Å²) in [6, 6.07) is 0. The maximum absolute atomic E-state index is 10.4. The van der Waals surface area contributed by atoms with Crippen molar-refractivity contribution in [2.24, 2.45) is 5.92 Å². The van der Waals surface area contributed by atoms with E-state index in [0.717, 1.165) is 32.1 Å². The molecule has 0 bridgehead atoms. The van der Waals surface area contributed by atoms with E-state index in [1.165, 1.54) is 0 Å². The van der Waals surface area contributed by atoms with Crippen LogP contribution in [0.15, 0.2) is 0 Å². The van der Waals surface area contributed by atoms with Crippen molar-refractivity contribution in [3.8, 4) is 0 Å². The molecule has 0 aromatic heterocycles. The van der Waals surface area contributed by atoms with Gasteiger partial charge in [-0.15, -0.1) is 0 Å². The van der Waals surface area contributed by atoms with Gasteiger partial charge in [0.1, 0.15) is 0 Å². The van der Waals surface area contributed by atoms with E-state index in [0.29, 0.717) is 0 Å². The fourth-order valence-electron chi connectivity index (χ4n) is 2.28. The lowest BCUT2D eigenvalue weighted by atomic mass is 9.77. The van der Waals surface area contributed by atoms with Crippen molar-refractivity contribution in [1.82, 2.24) is 0 Å². The number of unbranched alkanes of at least 4 members (excludes halogenated alkanes) is 1. The Bertz CT molecular complexity index is 145. The highest BCUT2D eigenvalue weighted by Crippen LogP contribution is 2.32. The summed E-state index contributed by atoms with van der Waals surface area (Å²) in [5, 5.41) is 20.0. The molecule has 3 atom stereocenters. The molecule has 0 heterocycles. The predicted octanol–water partition coefficient (Wildman–Crippen LogP) is 2.72. The minimum Gasteiger partial charge on any atom is -0.393 e. The number of aliphatic hydroxyl groups excluding tert-OH is 1. The Kier molecular flexibility index (Phi) is 6.38. The normalized spacial score (nSPS) is 20.1. The molecule has 0 spiro atoms. The first-order valence-corrected chi connectivity index (χ1v) is 5.92. The lowest BCUT2D eigenvalue weighted by Gasteiger charge is -2.37.